The van der Waals surface area contributed by atoms with Crippen molar-refractivity contribution in [3.05, 3.63) is 32.8 Å². The van der Waals surface area contributed by atoms with E-state index in [1.807, 2.05) is 0 Å². The molecule has 86 valence electrons. The zero-order chi connectivity index (χ0) is 11.8. The first-order valence-corrected chi connectivity index (χ1v) is 5.50. The van der Waals surface area contributed by atoms with Crippen molar-refractivity contribution in [1.29, 1.82) is 0 Å². The van der Waals surface area contributed by atoms with Crippen molar-refractivity contribution in [2.45, 2.75) is 25.8 Å². The highest BCUT2D eigenvalue weighted by Crippen LogP contribution is 2.49. The van der Waals surface area contributed by atoms with Gasteiger partial charge in [0.05, 0.1) is 4.99 Å². The summed E-state index contributed by atoms with van der Waals surface area (Å²) in [5, 5.41) is 2.51. The minimum atomic E-state index is -0.272. The highest BCUT2D eigenvalue weighted by Gasteiger charge is 2.43. The first-order valence-electron chi connectivity index (χ1n) is 5.09. The van der Waals surface area contributed by atoms with Gasteiger partial charge in [0.1, 0.15) is 0 Å². The Hall–Kier alpha value is -1.43. The summed E-state index contributed by atoms with van der Waals surface area (Å²) >= 11 is 4.88. The van der Waals surface area contributed by atoms with Crippen LogP contribution in [0.15, 0.2) is 21.7 Å². The van der Waals surface area contributed by atoms with Crippen molar-refractivity contribution in [3.8, 4) is 0 Å². The maximum absolute atomic E-state index is 11.5. The number of aromatic nitrogens is 2. The SMILES string of the molecule is NC(=S)CC1(Cn2[nH]c(=O)ccc2=O)CC1. The third-order valence-corrected chi connectivity index (χ3v) is 3.03. The molecule has 1 aliphatic rings. The van der Waals surface area contributed by atoms with Gasteiger partial charge in [-0.3, -0.25) is 14.7 Å². The lowest BCUT2D eigenvalue weighted by atomic mass is 10.0. The Morgan fingerprint density at radius 1 is 1.50 bits per heavy atom. The highest BCUT2D eigenvalue weighted by molar-refractivity contribution is 7.80. The molecule has 0 unspecified atom stereocenters. The molecular formula is C10H13N3O2S. The molecular weight excluding hydrogens is 226 g/mol. The van der Waals surface area contributed by atoms with Crippen molar-refractivity contribution < 1.29 is 0 Å². The first-order chi connectivity index (χ1) is 7.51. The lowest BCUT2D eigenvalue weighted by Gasteiger charge is -2.15. The van der Waals surface area contributed by atoms with Gasteiger partial charge in [-0.2, -0.15) is 0 Å². The van der Waals surface area contributed by atoms with E-state index in [4.69, 9.17) is 18.0 Å². The van der Waals surface area contributed by atoms with Crippen LogP contribution >= 0.6 is 12.2 Å². The zero-order valence-corrected chi connectivity index (χ0v) is 9.55. The largest absolute Gasteiger partial charge is 0.393 e. The van der Waals surface area contributed by atoms with Crippen LogP contribution in [-0.2, 0) is 6.54 Å². The summed E-state index contributed by atoms with van der Waals surface area (Å²) in [5.41, 5.74) is 5.03. The molecule has 1 aromatic heterocycles. The van der Waals surface area contributed by atoms with E-state index >= 15 is 0 Å². The van der Waals surface area contributed by atoms with Gasteiger partial charge in [-0.05, 0) is 18.3 Å². The Labute approximate surface area is 97.3 Å². The van der Waals surface area contributed by atoms with Gasteiger partial charge in [0.15, 0.2) is 0 Å². The van der Waals surface area contributed by atoms with Crippen molar-refractivity contribution in [1.82, 2.24) is 9.78 Å². The van der Waals surface area contributed by atoms with Crippen LogP contribution in [0.1, 0.15) is 19.3 Å². The Morgan fingerprint density at radius 3 is 2.75 bits per heavy atom. The van der Waals surface area contributed by atoms with E-state index in [1.54, 1.807) is 0 Å². The number of nitrogens with two attached hydrogens (primary N) is 1. The quantitative estimate of drug-likeness (QED) is 0.724. The predicted molar refractivity (Wildman–Crippen MR) is 64.4 cm³/mol. The molecule has 6 heteroatoms. The van der Waals surface area contributed by atoms with Crippen LogP contribution in [0.25, 0.3) is 0 Å². The lowest BCUT2D eigenvalue weighted by Crippen LogP contribution is -2.32. The maximum Gasteiger partial charge on any atom is 0.265 e. The number of nitrogens with one attached hydrogen (secondary N) is 1. The molecule has 0 radical (unpaired) electrons. The van der Waals surface area contributed by atoms with Crippen LogP contribution in [0.3, 0.4) is 0 Å². The summed E-state index contributed by atoms with van der Waals surface area (Å²) in [5.74, 6) is 0. The summed E-state index contributed by atoms with van der Waals surface area (Å²) in [7, 11) is 0. The van der Waals surface area contributed by atoms with Gasteiger partial charge in [0, 0.05) is 25.1 Å². The molecule has 0 atom stereocenters. The number of hydrogen-bond acceptors (Lipinski definition) is 3. The number of aromatic amines is 1. The van der Waals surface area contributed by atoms with E-state index in [-0.39, 0.29) is 16.5 Å². The highest BCUT2D eigenvalue weighted by atomic mass is 32.1. The summed E-state index contributed by atoms with van der Waals surface area (Å²) < 4.78 is 1.34. The minimum absolute atomic E-state index is 0.0139. The number of hydrogen-bond donors (Lipinski definition) is 2. The standard InChI is InChI=1S/C10H13N3O2S/c11-7(16)5-10(3-4-10)6-13-9(15)2-1-8(14)12-13/h1-2H,3-6H2,(H2,11,16)(H,12,14). The zero-order valence-electron chi connectivity index (χ0n) is 8.73. The van der Waals surface area contributed by atoms with E-state index in [1.165, 1.54) is 16.8 Å². The predicted octanol–water partition coefficient (Wildman–Crippen LogP) is -0.00700. The van der Waals surface area contributed by atoms with Crippen molar-refractivity contribution in [2.24, 2.45) is 11.1 Å². The fraction of sp³-hybridized carbons (Fsp3) is 0.500. The molecule has 0 amide bonds. The van der Waals surface area contributed by atoms with E-state index in [0.717, 1.165) is 12.8 Å². The van der Waals surface area contributed by atoms with Gasteiger partial charge in [-0.15, -0.1) is 0 Å². The smallest absolute Gasteiger partial charge is 0.265 e. The van der Waals surface area contributed by atoms with Crippen LogP contribution in [0, 0.1) is 5.41 Å². The number of H-pyrrole nitrogens is 1. The first kappa shape index (κ1) is 11.1. The molecule has 0 aromatic carbocycles. The van der Waals surface area contributed by atoms with E-state index in [2.05, 4.69) is 5.10 Å². The second-order valence-corrected chi connectivity index (χ2v) is 4.90. The Balaban J connectivity index is 2.21. The normalized spacial score (nSPS) is 17.0. The van der Waals surface area contributed by atoms with Crippen LogP contribution < -0.4 is 16.9 Å². The van der Waals surface area contributed by atoms with Gasteiger partial charge in [-0.25, -0.2) is 4.68 Å². The van der Waals surface area contributed by atoms with Gasteiger partial charge >= 0.3 is 0 Å². The fourth-order valence-corrected chi connectivity index (χ4v) is 2.16. The fourth-order valence-electron chi connectivity index (χ4n) is 1.85. The average molecular weight is 239 g/mol. The molecule has 0 bridgehead atoms. The van der Waals surface area contributed by atoms with Crippen LogP contribution in [0.4, 0.5) is 0 Å². The molecule has 1 heterocycles. The summed E-state index contributed by atoms with van der Waals surface area (Å²) in [6.45, 7) is 0.485. The van der Waals surface area contributed by atoms with E-state index in [0.29, 0.717) is 18.0 Å². The topological polar surface area (TPSA) is 80.9 Å². The molecule has 3 N–H and O–H groups in total. The van der Waals surface area contributed by atoms with E-state index < -0.39 is 0 Å². The van der Waals surface area contributed by atoms with Gasteiger partial charge < -0.3 is 5.73 Å². The van der Waals surface area contributed by atoms with Gasteiger partial charge in [0.25, 0.3) is 11.1 Å². The van der Waals surface area contributed by atoms with Crippen molar-refractivity contribution in [2.75, 3.05) is 0 Å². The number of thiocarbonyl (C=S) groups is 1. The van der Waals surface area contributed by atoms with Gasteiger partial charge in [0.2, 0.25) is 0 Å². The molecule has 5 nitrogen and oxygen atoms in total. The van der Waals surface area contributed by atoms with Crippen molar-refractivity contribution in [3.63, 3.8) is 0 Å². The number of nitrogens with zero attached hydrogens (tertiary/aromatic N) is 1. The molecule has 2 rings (SSSR count). The monoisotopic (exact) mass is 239 g/mol. The lowest BCUT2D eigenvalue weighted by molar-refractivity contribution is 0.394. The Bertz CT molecular complexity index is 527. The minimum Gasteiger partial charge on any atom is -0.393 e. The molecule has 0 aliphatic heterocycles. The molecule has 1 aliphatic carbocycles. The van der Waals surface area contributed by atoms with Gasteiger partial charge in [-0.1, -0.05) is 12.2 Å². The third-order valence-electron chi connectivity index (χ3n) is 2.89. The van der Waals surface area contributed by atoms with Crippen LogP contribution in [0.2, 0.25) is 0 Å². The van der Waals surface area contributed by atoms with Crippen LogP contribution in [-0.4, -0.2) is 14.8 Å². The van der Waals surface area contributed by atoms with Crippen LogP contribution in [0.5, 0.6) is 0 Å². The Morgan fingerprint density at radius 2 is 2.19 bits per heavy atom. The second-order valence-electron chi connectivity index (χ2n) is 4.38. The summed E-state index contributed by atoms with van der Waals surface area (Å²) in [6.07, 6.45) is 2.62. The molecule has 0 saturated heterocycles. The van der Waals surface area contributed by atoms with E-state index in [9.17, 15) is 9.59 Å². The second kappa shape index (κ2) is 3.86. The molecule has 16 heavy (non-hydrogen) atoms. The maximum atomic E-state index is 11.5. The molecule has 0 spiro atoms. The van der Waals surface area contributed by atoms with Crippen molar-refractivity contribution >= 4 is 17.2 Å². The number of rotatable bonds is 4. The Kier molecular flexibility index (Phi) is 2.67. The molecule has 1 aromatic rings. The molecule has 1 saturated carbocycles. The molecule has 1 fully saturated rings. The third kappa shape index (κ3) is 2.38. The average Bonchev–Trinajstić information content (AvgIpc) is 2.90. The summed E-state index contributed by atoms with van der Waals surface area (Å²) in [6, 6.07) is 2.50. The summed E-state index contributed by atoms with van der Waals surface area (Å²) in [4.78, 5) is 23.1.